The number of aromatic nitrogens is 2. The molecule has 0 fully saturated rings. The molecule has 0 atom stereocenters. The monoisotopic (exact) mass is 373 g/mol. The van der Waals surface area contributed by atoms with Crippen LogP contribution in [0.25, 0.3) is 11.3 Å². The van der Waals surface area contributed by atoms with Crippen molar-refractivity contribution in [1.82, 2.24) is 9.78 Å². The number of anilines is 1. The van der Waals surface area contributed by atoms with Crippen LogP contribution in [-0.4, -0.2) is 22.2 Å². The lowest BCUT2D eigenvalue weighted by molar-refractivity contribution is -0.119. The first-order chi connectivity index (χ1) is 13.5. The highest BCUT2D eigenvalue weighted by Gasteiger charge is 2.23. The molecule has 5 nitrogen and oxygen atoms in total. The maximum Gasteiger partial charge on any atom is 0.267 e. The lowest BCUT2D eigenvalue weighted by Gasteiger charge is -2.29. The average Bonchev–Trinajstić information content (AvgIpc) is 2.69. The lowest BCUT2D eigenvalue weighted by Crippen LogP contribution is -2.40. The Balaban J connectivity index is 1.64. The van der Waals surface area contributed by atoms with Crippen LogP contribution in [0.2, 0.25) is 0 Å². The quantitative estimate of drug-likeness (QED) is 0.706. The normalized spacial score (nSPS) is 13.3. The molecule has 4 rings (SSSR count). The molecule has 1 aromatic heterocycles. The Morgan fingerprint density at radius 1 is 1.07 bits per heavy atom. The zero-order valence-corrected chi connectivity index (χ0v) is 16.2. The smallest absolute Gasteiger partial charge is 0.267 e. The molecule has 1 amide bonds. The molecule has 0 saturated carbocycles. The maximum absolute atomic E-state index is 13.0. The van der Waals surface area contributed by atoms with Crippen LogP contribution in [0.3, 0.4) is 0 Å². The van der Waals surface area contributed by atoms with Gasteiger partial charge in [0.05, 0.1) is 5.69 Å². The van der Waals surface area contributed by atoms with Gasteiger partial charge in [-0.1, -0.05) is 42.0 Å². The number of hydrogen-bond acceptors (Lipinski definition) is 3. The minimum Gasteiger partial charge on any atom is -0.311 e. The Bertz CT molecular complexity index is 1100. The second-order valence-corrected chi connectivity index (χ2v) is 7.31. The van der Waals surface area contributed by atoms with E-state index in [2.05, 4.69) is 17.2 Å². The summed E-state index contributed by atoms with van der Waals surface area (Å²) in [7, 11) is 0. The third kappa shape index (κ3) is 3.48. The Kier molecular flexibility index (Phi) is 4.82. The van der Waals surface area contributed by atoms with Gasteiger partial charge in [0.25, 0.3) is 5.56 Å². The molecule has 2 heterocycles. The van der Waals surface area contributed by atoms with Crippen molar-refractivity contribution >= 4 is 11.6 Å². The molecule has 5 heteroatoms. The summed E-state index contributed by atoms with van der Waals surface area (Å²) in [5.74, 6) is -0.112. The van der Waals surface area contributed by atoms with Gasteiger partial charge in [0.15, 0.2) is 0 Å². The number of nitrogens with zero attached hydrogens (tertiary/aromatic N) is 3. The molecular formula is C23H23N3O2. The third-order valence-corrected chi connectivity index (χ3v) is 5.22. The molecule has 0 radical (unpaired) electrons. The zero-order valence-electron chi connectivity index (χ0n) is 16.2. The van der Waals surface area contributed by atoms with Gasteiger partial charge in [-0.25, -0.2) is 4.68 Å². The van der Waals surface area contributed by atoms with Crippen molar-refractivity contribution in [2.45, 2.75) is 33.2 Å². The molecule has 0 unspecified atom stereocenters. The fourth-order valence-electron chi connectivity index (χ4n) is 3.81. The number of carbonyl (C=O) groups excluding carboxylic acids is 1. The van der Waals surface area contributed by atoms with Gasteiger partial charge >= 0.3 is 0 Å². The van der Waals surface area contributed by atoms with Crippen LogP contribution < -0.4 is 10.5 Å². The van der Waals surface area contributed by atoms with Crippen LogP contribution >= 0.6 is 0 Å². The summed E-state index contributed by atoms with van der Waals surface area (Å²) in [4.78, 5) is 27.1. The summed E-state index contributed by atoms with van der Waals surface area (Å²) in [5, 5.41) is 4.48. The SMILES string of the molecule is Cc1ccc(-c2ccc(=O)n(CC(=O)N3CCCc4ccccc43)n2)c(C)c1. The predicted octanol–water partition coefficient (Wildman–Crippen LogP) is 3.51. The Labute approximate surface area is 164 Å². The minimum absolute atomic E-state index is 0.0636. The van der Waals surface area contributed by atoms with E-state index in [1.54, 1.807) is 11.0 Å². The van der Waals surface area contributed by atoms with Gasteiger partial charge in [0, 0.05) is 23.9 Å². The summed E-state index contributed by atoms with van der Waals surface area (Å²) >= 11 is 0. The van der Waals surface area contributed by atoms with Crippen LogP contribution in [0.5, 0.6) is 0 Å². The van der Waals surface area contributed by atoms with Gasteiger partial charge in [0.2, 0.25) is 5.91 Å². The molecule has 142 valence electrons. The topological polar surface area (TPSA) is 55.2 Å². The second-order valence-electron chi connectivity index (χ2n) is 7.31. The number of rotatable bonds is 3. The summed E-state index contributed by atoms with van der Waals surface area (Å²) in [6, 6.07) is 17.3. The van der Waals surface area contributed by atoms with Crippen LogP contribution in [0.1, 0.15) is 23.1 Å². The van der Waals surface area contributed by atoms with Crippen molar-refractivity contribution < 1.29 is 4.79 Å². The number of aryl methyl sites for hydroxylation is 3. The van der Waals surface area contributed by atoms with Gasteiger partial charge < -0.3 is 4.90 Å². The first-order valence-electron chi connectivity index (χ1n) is 9.57. The van der Waals surface area contributed by atoms with Crippen LogP contribution in [0.4, 0.5) is 5.69 Å². The Hall–Kier alpha value is -3.21. The predicted molar refractivity (Wildman–Crippen MR) is 111 cm³/mol. The first kappa shape index (κ1) is 18.2. The number of carbonyl (C=O) groups is 1. The van der Waals surface area contributed by atoms with E-state index in [-0.39, 0.29) is 18.0 Å². The van der Waals surface area contributed by atoms with E-state index in [4.69, 9.17) is 0 Å². The maximum atomic E-state index is 13.0. The highest BCUT2D eigenvalue weighted by molar-refractivity contribution is 5.94. The van der Waals surface area contributed by atoms with E-state index in [9.17, 15) is 9.59 Å². The average molecular weight is 373 g/mol. The van der Waals surface area contributed by atoms with E-state index in [1.165, 1.54) is 21.9 Å². The van der Waals surface area contributed by atoms with Crippen LogP contribution in [0, 0.1) is 13.8 Å². The van der Waals surface area contributed by atoms with Gasteiger partial charge in [0.1, 0.15) is 6.54 Å². The zero-order chi connectivity index (χ0) is 19.7. The van der Waals surface area contributed by atoms with Gasteiger partial charge in [-0.15, -0.1) is 0 Å². The van der Waals surface area contributed by atoms with Gasteiger partial charge in [-0.2, -0.15) is 5.10 Å². The second kappa shape index (κ2) is 7.43. The molecule has 0 aliphatic carbocycles. The summed E-state index contributed by atoms with van der Waals surface area (Å²) in [5.41, 5.74) is 5.78. The van der Waals surface area contributed by atoms with Crippen molar-refractivity contribution in [2.24, 2.45) is 0 Å². The number of amides is 1. The Morgan fingerprint density at radius 2 is 1.89 bits per heavy atom. The third-order valence-electron chi connectivity index (χ3n) is 5.22. The fraction of sp³-hybridized carbons (Fsp3) is 0.261. The van der Waals surface area contributed by atoms with Crippen molar-refractivity contribution in [3.63, 3.8) is 0 Å². The summed E-state index contributed by atoms with van der Waals surface area (Å²) < 4.78 is 1.27. The molecule has 2 aromatic carbocycles. The van der Waals surface area contributed by atoms with Crippen LogP contribution in [-0.2, 0) is 17.8 Å². The van der Waals surface area contributed by atoms with E-state index in [0.29, 0.717) is 12.2 Å². The minimum atomic E-state index is -0.271. The summed E-state index contributed by atoms with van der Waals surface area (Å²) in [6.45, 7) is 4.67. The van der Waals surface area contributed by atoms with E-state index < -0.39 is 0 Å². The molecule has 0 bridgehead atoms. The van der Waals surface area contributed by atoms with Gasteiger partial charge in [-0.3, -0.25) is 9.59 Å². The molecule has 0 spiro atoms. The summed E-state index contributed by atoms with van der Waals surface area (Å²) in [6.07, 6.45) is 1.90. The van der Waals surface area contributed by atoms with Crippen molar-refractivity contribution in [2.75, 3.05) is 11.4 Å². The van der Waals surface area contributed by atoms with E-state index >= 15 is 0 Å². The lowest BCUT2D eigenvalue weighted by atomic mass is 10.0. The number of hydrogen-bond donors (Lipinski definition) is 0. The van der Waals surface area contributed by atoms with Crippen molar-refractivity contribution in [3.8, 4) is 11.3 Å². The van der Waals surface area contributed by atoms with Crippen molar-refractivity contribution in [3.05, 3.63) is 81.6 Å². The van der Waals surface area contributed by atoms with E-state index in [1.807, 2.05) is 44.2 Å². The number of benzene rings is 2. The van der Waals surface area contributed by atoms with Crippen LogP contribution in [0.15, 0.2) is 59.4 Å². The van der Waals surface area contributed by atoms with Crippen molar-refractivity contribution in [1.29, 1.82) is 0 Å². The van der Waals surface area contributed by atoms with E-state index in [0.717, 1.165) is 29.7 Å². The molecule has 0 saturated heterocycles. The standard InChI is InChI=1S/C23H23N3O2/c1-16-9-10-19(17(2)14-16)20-11-12-22(27)26(24-20)15-23(28)25-13-5-7-18-6-3-4-8-21(18)25/h3-4,6,8-12,14H,5,7,13,15H2,1-2H3. The molecule has 1 aliphatic rings. The first-order valence-corrected chi connectivity index (χ1v) is 9.57. The molecule has 28 heavy (non-hydrogen) atoms. The highest BCUT2D eigenvalue weighted by atomic mass is 16.2. The number of para-hydroxylation sites is 1. The molecule has 0 N–H and O–H groups in total. The van der Waals surface area contributed by atoms with Gasteiger partial charge in [-0.05, 0) is 49.9 Å². The molecular weight excluding hydrogens is 350 g/mol. The largest absolute Gasteiger partial charge is 0.311 e. The Morgan fingerprint density at radius 3 is 2.71 bits per heavy atom. The number of fused-ring (bicyclic) bond motifs is 1. The fourth-order valence-corrected chi connectivity index (χ4v) is 3.81. The molecule has 1 aliphatic heterocycles. The highest BCUT2D eigenvalue weighted by Crippen LogP contribution is 2.27. The molecule has 3 aromatic rings.